The van der Waals surface area contributed by atoms with Gasteiger partial charge in [0.05, 0.1) is 11.8 Å². The number of fused-ring (bicyclic) bond motifs is 1. The summed E-state index contributed by atoms with van der Waals surface area (Å²) in [5, 5.41) is 9.28. The molecule has 4 nitrogen and oxygen atoms in total. The van der Waals surface area contributed by atoms with Crippen molar-refractivity contribution in [2.24, 2.45) is 0 Å². The van der Waals surface area contributed by atoms with Crippen LogP contribution in [-0.4, -0.2) is 23.5 Å². The van der Waals surface area contributed by atoms with E-state index >= 15 is 0 Å². The van der Waals surface area contributed by atoms with Crippen molar-refractivity contribution in [1.29, 1.82) is 0 Å². The maximum absolute atomic E-state index is 11.3. The average Bonchev–Trinajstić information content (AvgIpc) is 2.27. The Balaban J connectivity index is 2.38. The summed E-state index contributed by atoms with van der Waals surface area (Å²) in [6, 6.07) is 7.37. The fourth-order valence-electron chi connectivity index (χ4n) is 1.85. The topological polar surface area (TPSA) is 49.8 Å². The standard InChI is InChI=1S/C13H15NO3/c1-9(2)17-12-8-7-10-5-3-4-6-11(10)14(12)13(15)16/h3-9,12H,1-2H3,(H,15,16). The van der Waals surface area contributed by atoms with Crippen molar-refractivity contribution in [1.82, 2.24) is 0 Å². The number of amides is 1. The molecule has 1 aliphatic rings. The zero-order valence-electron chi connectivity index (χ0n) is 9.83. The van der Waals surface area contributed by atoms with E-state index in [0.29, 0.717) is 5.69 Å². The largest absolute Gasteiger partial charge is 0.465 e. The van der Waals surface area contributed by atoms with E-state index in [0.717, 1.165) is 5.56 Å². The van der Waals surface area contributed by atoms with Gasteiger partial charge in [-0.05, 0) is 31.6 Å². The Morgan fingerprint density at radius 2 is 2.12 bits per heavy atom. The normalized spacial score (nSPS) is 18.3. The highest BCUT2D eigenvalue weighted by Gasteiger charge is 2.28. The average molecular weight is 233 g/mol. The van der Waals surface area contributed by atoms with Crippen molar-refractivity contribution in [3.63, 3.8) is 0 Å². The van der Waals surface area contributed by atoms with Gasteiger partial charge in [0, 0.05) is 0 Å². The van der Waals surface area contributed by atoms with Crippen LogP contribution in [0.2, 0.25) is 0 Å². The summed E-state index contributed by atoms with van der Waals surface area (Å²) in [6.45, 7) is 3.77. The van der Waals surface area contributed by atoms with Gasteiger partial charge in [0.1, 0.15) is 0 Å². The first-order valence-electron chi connectivity index (χ1n) is 5.54. The molecule has 1 unspecified atom stereocenters. The second-order valence-electron chi connectivity index (χ2n) is 4.15. The molecular formula is C13H15NO3. The molecule has 0 saturated heterocycles. The van der Waals surface area contributed by atoms with Gasteiger partial charge in [0.15, 0.2) is 6.23 Å². The summed E-state index contributed by atoms with van der Waals surface area (Å²) < 4.78 is 5.58. The smallest absolute Gasteiger partial charge is 0.414 e. The number of carbonyl (C=O) groups is 1. The maximum Gasteiger partial charge on any atom is 0.414 e. The Morgan fingerprint density at radius 1 is 1.41 bits per heavy atom. The van der Waals surface area contributed by atoms with E-state index in [9.17, 15) is 9.90 Å². The summed E-state index contributed by atoms with van der Waals surface area (Å²) >= 11 is 0. The molecule has 0 aromatic heterocycles. The molecule has 1 aromatic carbocycles. The SMILES string of the molecule is CC(C)OC1C=Cc2ccccc2N1C(=O)O. The van der Waals surface area contributed by atoms with Crippen LogP contribution in [0.5, 0.6) is 0 Å². The lowest BCUT2D eigenvalue weighted by molar-refractivity contribution is 0.0342. The lowest BCUT2D eigenvalue weighted by Gasteiger charge is -2.32. The first-order valence-corrected chi connectivity index (χ1v) is 5.54. The highest BCUT2D eigenvalue weighted by atomic mass is 16.5. The molecule has 0 aliphatic carbocycles. The van der Waals surface area contributed by atoms with E-state index in [1.807, 2.05) is 38.1 Å². The molecule has 0 fully saturated rings. The van der Waals surface area contributed by atoms with Gasteiger partial charge >= 0.3 is 6.09 Å². The van der Waals surface area contributed by atoms with Crippen LogP contribution in [0.3, 0.4) is 0 Å². The third-order valence-corrected chi connectivity index (χ3v) is 2.51. The predicted octanol–water partition coefficient (Wildman–Crippen LogP) is 2.95. The number of nitrogens with zero attached hydrogens (tertiary/aromatic N) is 1. The monoisotopic (exact) mass is 233 g/mol. The van der Waals surface area contributed by atoms with Crippen molar-refractivity contribution in [3.8, 4) is 0 Å². The van der Waals surface area contributed by atoms with E-state index in [2.05, 4.69) is 0 Å². The summed E-state index contributed by atoms with van der Waals surface area (Å²) in [5.74, 6) is 0. The molecule has 4 heteroatoms. The van der Waals surface area contributed by atoms with Crippen LogP contribution < -0.4 is 4.90 Å². The van der Waals surface area contributed by atoms with Gasteiger partial charge in [-0.3, -0.25) is 0 Å². The van der Waals surface area contributed by atoms with Crippen molar-refractivity contribution in [3.05, 3.63) is 35.9 Å². The lowest BCUT2D eigenvalue weighted by atomic mass is 10.1. The van der Waals surface area contributed by atoms with Gasteiger partial charge in [-0.1, -0.05) is 24.3 Å². The Morgan fingerprint density at radius 3 is 2.76 bits per heavy atom. The second-order valence-corrected chi connectivity index (χ2v) is 4.15. The zero-order valence-corrected chi connectivity index (χ0v) is 9.83. The minimum absolute atomic E-state index is 0.0308. The molecule has 1 aliphatic heterocycles. The first kappa shape index (κ1) is 11.7. The lowest BCUT2D eigenvalue weighted by Crippen LogP contribution is -2.43. The van der Waals surface area contributed by atoms with Crippen molar-refractivity contribution >= 4 is 17.9 Å². The number of hydrogen-bond acceptors (Lipinski definition) is 2. The molecular weight excluding hydrogens is 218 g/mol. The first-order chi connectivity index (χ1) is 8.09. The van der Waals surface area contributed by atoms with Gasteiger partial charge in [-0.2, -0.15) is 0 Å². The van der Waals surface area contributed by atoms with E-state index < -0.39 is 12.3 Å². The molecule has 90 valence electrons. The highest BCUT2D eigenvalue weighted by Crippen LogP contribution is 2.29. The van der Waals surface area contributed by atoms with Crippen LogP contribution in [0, 0.1) is 0 Å². The van der Waals surface area contributed by atoms with Gasteiger partial charge in [0.25, 0.3) is 0 Å². The van der Waals surface area contributed by atoms with E-state index in [1.54, 1.807) is 12.1 Å². The Bertz CT molecular complexity index is 454. The van der Waals surface area contributed by atoms with Crippen molar-refractivity contribution < 1.29 is 14.6 Å². The summed E-state index contributed by atoms with van der Waals surface area (Å²) in [4.78, 5) is 12.6. The van der Waals surface area contributed by atoms with E-state index in [4.69, 9.17) is 4.74 Å². The third-order valence-electron chi connectivity index (χ3n) is 2.51. The van der Waals surface area contributed by atoms with Gasteiger partial charge in [0.2, 0.25) is 0 Å². The zero-order chi connectivity index (χ0) is 12.4. The molecule has 1 N–H and O–H groups in total. The Kier molecular flexibility index (Phi) is 3.15. The minimum atomic E-state index is -1.01. The van der Waals surface area contributed by atoms with E-state index in [1.165, 1.54) is 4.90 Å². The Labute approximate surface area is 100 Å². The summed E-state index contributed by atoms with van der Waals surface area (Å²) in [7, 11) is 0. The number of hydrogen-bond donors (Lipinski definition) is 1. The molecule has 0 spiro atoms. The fourth-order valence-corrected chi connectivity index (χ4v) is 1.85. The predicted molar refractivity (Wildman–Crippen MR) is 66.0 cm³/mol. The second kappa shape index (κ2) is 4.59. The molecule has 2 rings (SSSR count). The van der Waals surface area contributed by atoms with Crippen molar-refractivity contribution in [2.75, 3.05) is 4.90 Å². The van der Waals surface area contributed by atoms with Crippen molar-refractivity contribution in [2.45, 2.75) is 26.2 Å². The molecule has 1 heterocycles. The highest BCUT2D eigenvalue weighted by molar-refractivity contribution is 5.92. The van der Waals surface area contributed by atoms with Crippen LogP contribution in [-0.2, 0) is 4.74 Å². The molecule has 0 bridgehead atoms. The Hall–Kier alpha value is -1.81. The third kappa shape index (κ3) is 2.31. The van der Waals surface area contributed by atoms with Crippen LogP contribution in [0.15, 0.2) is 30.3 Å². The quantitative estimate of drug-likeness (QED) is 0.854. The molecule has 1 atom stereocenters. The molecule has 1 aromatic rings. The molecule has 1 amide bonds. The van der Waals surface area contributed by atoms with Crippen LogP contribution in [0.25, 0.3) is 6.08 Å². The van der Waals surface area contributed by atoms with E-state index in [-0.39, 0.29) is 6.10 Å². The molecule has 17 heavy (non-hydrogen) atoms. The number of ether oxygens (including phenoxy) is 1. The number of para-hydroxylation sites is 1. The summed E-state index contributed by atoms with van der Waals surface area (Å²) in [6.07, 6.45) is 2.06. The fraction of sp³-hybridized carbons (Fsp3) is 0.308. The van der Waals surface area contributed by atoms with Gasteiger partial charge in [-0.15, -0.1) is 0 Å². The maximum atomic E-state index is 11.3. The summed E-state index contributed by atoms with van der Waals surface area (Å²) in [5.41, 5.74) is 1.55. The van der Waals surface area contributed by atoms with Crippen LogP contribution >= 0.6 is 0 Å². The number of anilines is 1. The number of rotatable bonds is 2. The van der Waals surface area contributed by atoms with Gasteiger partial charge in [-0.25, -0.2) is 9.69 Å². The molecule has 0 saturated carbocycles. The molecule has 0 radical (unpaired) electrons. The number of benzene rings is 1. The number of carboxylic acid groups (broad SMARTS) is 1. The van der Waals surface area contributed by atoms with Gasteiger partial charge < -0.3 is 9.84 Å². The van der Waals surface area contributed by atoms with Crippen LogP contribution in [0.4, 0.5) is 10.5 Å². The van der Waals surface area contributed by atoms with Crippen LogP contribution in [0.1, 0.15) is 19.4 Å². The minimum Gasteiger partial charge on any atom is -0.465 e.